The third kappa shape index (κ3) is 5.21. The molecule has 0 amide bonds. The van der Waals surface area contributed by atoms with Gasteiger partial charge in [-0.05, 0) is 31.9 Å². The quantitative estimate of drug-likeness (QED) is 0.334. The van der Waals surface area contributed by atoms with E-state index in [1.807, 2.05) is 44.0 Å². The highest BCUT2D eigenvalue weighted by Crippen LogP contribution is 2.28. The number of carbonyl (C=O) groups is 2. The number of carbonyl (C=O) groups excluding carboxylic acids is 2. The SMILES string of the molecule is CCOC(=O)CC(=O)C(=C(SC)SC)[n+]1ccc(C)cc1. The number of rotatable bonds is 7. The molecule has 0 unspecified atom stereocenters. The molecule has 1 rings (SSSR count). The van der Waals surface area contributed by atoms with Crippen molar-refractivity contribution in [3.05, 3.63) is 34.3 Å². The molecule has 0 aliphatic carbocycles. The average Bonchev–Trinajstić information content (AvgIpc) is 2.46. The maximum atomic E-state index is 12.5. The summed E-state index contributed by atoms with van der Waals surface area (Å²) in [6, 6.07) is 3.85. The number of hydrogen-bond donors (Lipinski definition) is 0. The van der Waals surface area contributed by atoms with Crippen molar-refractivity contribution < 1.29 is 18.9 Å². The van der Waals surface area contributed by atoms with E-state index >= 15 is 0 Å². The van der Waals surface area contributed by atoms with Gasteiger partial charge in [0.05, 0.1) is 6.61 Å². The molecule has 0 atom stereocenters. The van der Waals surface area contributed by atoms with Crippen LogP contribution in [0, 0.1) is 6.92 Å². The molecule has 4 nitrogen and oxygen atoms in total. The van der Waals surface area contributed by atoms with E-state index in [1.54, 1.807) is 11.5 Å². The van der Waals surface area contributed by atoms with Gasteiger partial charge in [-0.3, -0.25) is 9.59 Å². The van der Waals surface area contributed by atoms with Crippen molar-refractivity contribution in [1.82, 2.24) is 0 Å². The molecule has 0 aliphatic rings. The van der Waals surface area contributed by atoms with Crippen LogP contribution in [-0.4, -0.2) is 30.9 Å². The molecule has 1 aromatic rings. The highest BCUT2D eigenvalue weighted by Gasteiger charge is 2.27. The third-order valence-electron chi connectivity index (χ3n) is 2.69. The summed E-state index contributed by atoms with van der Waals surface area (Å²) in [5.74, 6) is -0.727. The number of thioether (sulfide) groups is 2. The summed E-state index contributed by atoms with van der Waals surface area (Å²) in [7, 11) is 0. The number of hydrogen-bond acceptors (Lipinski definition) is 5. The number of esters is 1. The molecule has 0 radical (unpaired) electrons. The average molecular weight is 326 g/mol. The zero-order valence-corrected chi connectivity index (χ0v) is 14.3. The number of ether oxygens (including phenoxy) is 1. The first kappa shape index (κ1) is 17.8. The van der Waals surface area contributed by atoms with Crippen LogP contribution >= 0.6 is 23.5 Å². The molecule has 0 saturated carbocycles. The molecule has 0 aliphatic heterocycles. The van der Waals surface area contributed by atoms with Crippen LogP contribution in [0.15, 0.2) is 28.8 Å². The normalized spacial score (nSPS) is 10.1. The van der Waals surface area contributed by atoms with E-state index in [9.17, 15) is 9.59 Å². The van der Waals surface area contributed by atoms with Gasteiger partial charge in [-0.25, -0.2) is 0 Å². The van der Waals surface area contributed by atoms with Crippen LogP contribution in [0.5, 0.6) is 0 Å². The van der Waals surface area contributed by atoms with Crippen LogP contribution in [0.25, 0.3) is 5.70 Å². The minimum absolute atomic E-state index is 0.235. The van der Waals surface area contributed by atoms with Gasteiger partial charge < -0.3 is 4.74 Å². The van der Waals surface area contributed by atoms with Gasteiger partial charge in [-0.15, -0.1) is 23.5 Å². The maximum absolute atomic E-state index is 12.5. The second kappa shape index (κ2) is 8.89. The van der Waals surface area contributed by atoms with Gasteiger partial charge in [0.1, 0.15) is 10.7 Å². The van der Waals surface area contributed by atoms with Crippen molar-refractivity contribution in [2.24, 2.45) is 0 Å². The number of aromatic nitrogens is 1. The Morgan fingerprint density at radius 3 is 2.24 bits per heavy atom. The van der Waals surface area contributed by atoms with Crippen molar-refractivity contribution in [3.63, 3.8) is 0 Å². The van der Waals surface area contributed by atoms with E-state index in [1.165, 1.54) is 23.5 Å². The largest absolute Gasteiger partial charge is 0.466 e. The molecule has 0 N–H and O–H groups in total. The lowest BCUT2D eigenvalue weighted by atomic mass is 10.2. The van der Waals surface area contributed by atoms with Crippen LogP contribution in [0.4, 0.5) is 0 Å². The van der Waals surface area contributed by atoms with Gasteiger partial charge in [0.15, 0.2) is 12.4 Å². The van der Waals surface area contributed by atoms with E-state index < -0.39 is 5.97 Å². The summed E-state index contributed by atoms with van der Waals surface area (Å²) in [5, 5.41) is 0. The Hall–Kier alpha value is -1.27. The monoisotopic (exact) mass is 326 g/mol. The van der Waals surface area contributed by atoms with E-state index in [2.05, 4.69) is 0 Å². The Balaban J connectivity index is 3.15. The summed E-state index contributed by atoms with van der Waals surface area (Å²) >= 11 is 2.99. The first-order valence-corrected chi connectivity index (χ1v) is 8.97. The van der Waals surface area contributed by atoms with Crippen molar-refractivity contribution >= 4 is 41.0 Å². The molecule has 114 valence electrons. The van der Waals surface area contributed by atoms with Crippen LogP contribution in [0.2, 0.25) is 0 Å². The van der Waals surface area contributed by atoms with E-state index in [0.717, 1.165) is 9.80 Å². The summed E-state index contributed by atoms with van der Waals surface area (Å²) < 4.78 is 7.49. The lowest BCUT2D eigenvalue weighted by Crippen LogP contribution is -2.37. The second-order valence-corrected chi connectivity index (χ2v) is 6.12. The minimum Gasteiger partial charge on any atom is -0.466 e. The van der Waals surface area contributed by atoms with Crippen molar-refractivity contribution in [1.29, 1.82) is 0 Å². The molecule has 1 aromatic heterocycles. The molecule has 6 heteroatoms. The van der Waals surface area contributed by atoms with Gasteiger partial charge in [-0.1, -0.05) is 0 Å². The highest BCUT2D eigenvalue weighted by molar-refractivity contribution is 8.21. The fourth-order valence-corrected chi connectivity index (χ4v) is 3.21. The number of Topliss-reactive ketones (excluding diaryl/α,β-unsaturated/α-hetero) is 1. The van der Waals surface area contributed by atoms with E-state index in [-0.39, 0.29) is 18.8 Å². The van der Waals surface area contributed by atoms with Gasteiger partial charge in [0.25, 0.3) is 5.70 Å². The van der Waals surface area contributed by atoms with Crippen LogP contribution in [0.3, 0.4) is 0 Å². The molecule has 0 saturated heterocycles. The lowest BCUT2D eigenvalue weighted by molar-refractivity contribution is -0.577. The second-order valence-electron chi connectivity index (χ2n) is 4.23. The Morgan fingerprint density at radius 2 is 1.76 bits per heavy atom. The Labute approximate surface area is 134 Å². The van der Waals surface area contributed by atoms with Crippen molar-refractivity contribution in [2.45, 2.75) is 20.3 Å². The fraction of sp³-hybridized carbons (Fsp3) is 0.400. The molecule has 1 heterocycles. The van der Waals surface area contributed by atoms with Crippen molar-refractivity contribution in [2.75, 3.05) is 19.1 Å². The highest BCUT2D eigenvalue weighted by atomic mass is 32.2. The number of aryl methyl sites for hydroxylation is 1. The summed E-state index contributed by atoms with van der Waals surface area (Å²) in [6.45, 7) is 3.99. The fourth-order valence-electron chi connectivity index (χ4n) is 1.72. The van der Waals surface area contributed by atoms with Crippen LogP contribution < -0.4 is 4.57 Å². The molecule has 0 fully saturated rings. The predicted octanol–water partition coefficient (Wildman–Crippen LogP) is 2.66. The number of nitrogens with zero attached hydrogens (tertiary/aromatic N) is 1. The van der Waals surface area contributed by atoms with Gasteiger partial charge in [-0.2, -0.15) is 4.57 Å². The molecular weight excluding hydrogens is 306 g/mol. The van der Waals surface area contributed by atoms with Gasteiger partial charge >= 0.3 is 5.97 Å². The summed E-state index contributed by atoms with van der Waals surface area (Å²) in [5.41, 5.74) is 1.63. The van der Waals surface area contributed by atoms with E-state index in [0.29, 0.717) is 5.70 Å². The first-order valence-electron chi connectivity index (χ1n) is 6.52. The Kier molecular flexibility index (Phi) is 7.53. The number of allylic oxidation sites excluding steroid dienone is 1. The minimum atomic E-state index is -0.491. The topological polar surface area (TPSA) is 47.3 Å². The van der Waals surface area contributed by atoms with Gasteiger partial charge in [0, 0.05) is 12.1 Å². The summed E-state index contributed by atoms with van der Waals surface area (Å²) in [4.78, 5) is 24.0. The number of ketones is 1. The van der Waals surface area contributed by atoms with Crippen LogP contribution in [0.1, 0.15) is 18.9 Å². The van der Waals surface area contributed by atoms with Crippen molar-refractivity contribution in [3.8, 4) is 0 Å². The number of pyridine rings is 1. The van der Waals surface area contributed by atoms with Crippen LogP contribution in [-0.2, 0) is 14.3 Å². The zero-order chi connectivity index (χ0) is 15.8. The molecule has 0 spiro atoms. The summed E-state index contributed by atoms with van der Waals surface area (Å²) in [6.07, 6.45) is 7.26. The first-order chi connectivity index (χ1) is 10.0. The lowest BCUT2D eigenvalue weighted by Gasteiger charge is -2.06. The zero-order valence-electron chi connectivity index (χ0n) is 12.7. The Morgan fingerprint density at radius 1 is 1.19 bits per heavy atom. The Bertz CT molecular complexity index is 532. The molecular formula is C15H20NO3S2+. The van der Waals surface area contributed by atoms with Gasteiger partial charge in [0.2, 0.25) is 5.78 Å². The standard InChI is InChI=1S/C15H20NO3S2/c1-5-19-13(18)10-12(17)14(15(20-3)21-4)16-8-6-11(2)7-9-16/h6-9H,5,10H2,1-4H3/q+1. The molecule has 21 heavy (non-hydrogen) atoms. The predicted molar refractivity (Wildman–Crippen MR) is 87.9 cm³/mol. The molecule has 0 aromatic carbocycles. The third-order valence-corrected chi connectivity index (χ3v) is 4.82. The smallest absolute Gasteiger partial charge is 0.313 e. The molecule has 0 bridgehead atoms. The van der Waals surface area contributed by atoms with E-state index in [4.69, 9.17) is 4.74 Å². The maximum Gasteiger partial charge on any atom is 0.313 e.